The number of amides is 1. The van der Waals surface area contributed by atoms with E-state index in [1.165, 1.54) is 5.56 Å². The second-order valence-electron chi connectivity index (χ2n) is 5.38. The molecule has 1 aliphatic rings. The molecular weight excluding hydrogens is 314 g/mol. The van der Waals surface area contributed by atoms with Crippen LogP contribution in [0, 0.1) is 6.92 Å². The van der Waals surface area contributed by atoms with Gasteiger partial charge in [-0.05, 0) is 53.4 Å². The fourth-order valence-electron chi connectivity index (χ4n) is 2.45. The molecule has 1 fully saturated rings. The summed E-state index contributed by atoms with van der Waals surface area (Å²) in [6, 6.07) is 16.0. The van der Waals surface area contributed by atoms with Gasteiger partial charge in [0, 0.05) is 4.47 Å². The van der Waals surface area contributed by atoms with E-state index < -0.39 is 0 Å². The number of para-hydroxylation sites is 1. The molecule has 1 saturated carbocycles. The zero-order chi connectivity index (χ0) is 14.2. The number of hydrogen-bond donors (Lipinski definition) is 1. The van der Waals surface area contributed by atoms with Gasteiger partial charge in [-0.2, -0.15) is 0 Å². The largest absolute Gasteiger partial charge is 0.324 e. The van der Waals surface area contributed by atoms with Crippen LogP contribution in [-0.2, 0) is 10.2 Å². The molecule has 0 saturated heterocycles. The Balaban J connectivity index is 1.84. The third-order valence-electron chi connectivity index (χ3n) is 3.91. The summed E-state index contributed by atoms with van der Waals surface area (Å²) in [6.07, 6.45) is 1.85. The summed E-state index contributed by atoms with van der Waals surface area (Å²) in [5, 5.41) is 3.04. The van der Waals surface area contributed by atoms with Gasteiger partial charge in [0.15, 0.2) is 0 Å². The number of hydrogen-bond acceptors (Lipinski definition) is 1. The van der Waals surface area contributed by atoms with Crippen molar-refractivity contribution in [3.63, 3.8) is 0 Å². The first-order valence-electron chi connectivity index (χ1n) is 6.75. The molecule has 2 aromatic rings. The first-order chi connectivity index (χ1) is 9.62. The van der Waals surface area contributed by atoms with E-state index in [-0.39, 0.29) is 11.3 Å². The maximum atomic E-state index is 12.6. The van der Waals surface area contributed by atoms with Gasteiger partial charge in [0.1, 0.15) is 0 Å². The number of anilines is 1. The maximum absolute atomic E-state index is 12.6. The molecule has 2 aromatic carbocycles. The molecule has 0 radical (unpaired) electrons. The fourth-order valence-corrected chi connectivity index (χ4v) is 2.83. The molecule has 3 rings (SSSR count). The molecule has 2 nitrogen and oxygen atoms in total. The van der Waals surface area contributed by atoms with E-state index in [0.717, 1.165) is 28.6 Å². The van der Waals surface area contributed by atoms with Crippen LogP contribution in [0.4, 0.5) is 5.69 Å². The Morgan fingerprint density at radius 3 is 2.35 bits per heavy atom. The van der Waals surface area contributed by atoms with Crippen LogP contribution in [0.5, 0.6) is 0 Å². The molecule has 0 heterocycles. The molecule has 0 unspecified atom stereocenters. The van der Waals surface area contributed by atoms with Gasteiger partial charge in [-0.3, -0.25) is 4.79 Å². The van der Waals surface area contributed by atoms with Crippen LogP contribution < -0.4 is 5.32 Å². The molecule has 0 spiro atoms. The van der Waals surface area contributed by atoms with Gasteiger partial charge in [-0.15, -0.1) is 0 Å². The molecule has 102 valence electrons. The summed E-state index contributed by atoms with van der Waals surface area (Å²) in [5.74, 6) is 0.0910. The number of halogens is 1. The summed E-state index contributed by atoms with van der Waals surface area (Å²) < 4.78 is 0.910. The van der Waals surface area contributed by atoms with Crippen molar-refractivity contribution >= 4 is 27.5 Å². The first kappa shape index (κ1) is 13.4. The first-order valence-corrected chi connectivity index (χ1v) is 7.54. The number of nitrogens with one attached hydrogen (secondary N) is 1. The Morgan fingerprint density at radius 1 is 1.10 bits per heavy atom. The minimum atomic E-state index is -0.330. The number of rotatable bonds is 3. The number of aryl methyl sites for hydroxylation is 1. The Labute approximate surface area is 127 Å². The number of carbonyl (C=O) groups excluding carboxylic acids is 1. The Bertz CT molecular complexity index is 644. The fraction of sp³-hybridized carbons (Fsp3) is 0.235. The van der Waals surface area contributed by atoms with Gasteiger partial charge in [-0.25, -0.2) is 0 Å². The van der Waals surface area contributed by atoms with Crippen LogP contribution >= 0.6 is 15.9 Å². The zero-order valence-corrected chi connectivity index (χ0v) is 12.9. The molecule has 1 N–H and O–H groups in total. The topological polar surface area (TPSA) is 29.1 Å². The zero-order valence-electron chi connectivity index (χ0n) is 11.3. The van der Waals surface area contributed by atoms with Gasteiger partial charge >= 0.3 is 0 Å². The van der Waals surface area contributed by atoms with Crippen LogP contribution in [0.3, 0.4) is 0 Å². The van der Waals surface area contributed by atoms with Crippen LogP contribution in [-0.4, -0.2) is 5.91 Å². The van der Waals surface area contributed by atoms with E-state index in [1.54, 1.807) is 0 Å². The third kappa shape index (κ3) is 2.38. The quantitative estimate of drug-likeness (QED) is 0.886. The maximum Gasteiger partial charge on any atom is 0.235 e. The second kappa shape index (κ2) is 5.06. The lowest BCUT2D eigenvalue weighted by molar-refractivity contribution is -0.118. The van der Waals surface area contributed by atoms with Crippen molar-refractivity contribution in [2.75, 3.05) is 5.32 Å². The Morgan fingerprint density at radius 2 is 1.75 bits per heavy atom. The van der Waals surface area contributed by atoms with Gasteiger partial charge < -0.3 is 5.32 Å². The lowest BCUT2D eigenvalue weighted by Gasteiger charge is -2.16. The van der Waals surface area contributed by atoms with Crippen molar-refractivity contribution in [1.82, 2.24) is 0 Å². The van der Waals surface area contributed by atoms with E-state index in [9.17, 15) is 4.79 Å². The molecule has 0 aromatic heterocycles. The van der Waals surface area contributed by atoms with Crippen molar-refractivity contribution in [1.29, 1.82) is 0 Å². The second-order valence-corrected chi connectivity index (χ2v) is 6.24. The summed E-state index contributed by atoms with van der Waals surface area (Å²) in [6.45, 7) is 2.06. The van der Waals surface area contributed by atoms with Crippen molar-refractivity contribution in [2.24, 2.45) is 0 Å². The highest BCUT2D eigenvalue weighted by molar-refractivity contribution is 9.10. The van der Waals surface area contributed by atoms with Crippen LogP contribution in [0.1, 0.15) is 24.0 Å². The van der Waals surface area contributed by atoms with E-state index in [0.29, 0.717) is 0 Å². The predicted octanol–water partition coefficient (Wildman–Crippen LogP) is 4.43. The standard InChI is InChI=1S/C17H16BrNO/c1-12-6-8-13(9-7-12)17(10-11-17)16(20)19-15-5-3-2-4-14(15)18/h2-9H,10-11H2,1H3,(H,19,20). The highest BCUT2D eigenvalue weighted by atomic mass is 79.9. The molecule has 20 heavy (non-hydrogen) atoms. The van der Waals surface area contributed by atoms with Crippen molar-refractivity contribution in [2.45, 2.75) is 25.2 Å². The molecule has 0 aliphatic heterocycles. The van der Waals surface area contributed by atoms with Crippen LogP contribution in [0.25, 0.3) is 0 Å². The smallest absolute Gasteiger partial charge is 0.235 e. The summed E-state index contributed by atoms with van der Waals surface area (Å²) in [4.78, 5) is 12.6. The van der Waals surface area contributed by atoms with Gasteiger partial charge in [0.25, 0.3) is 0 Å². The normalized spacial score (nSPS) is 15.7. The summed E-state index contributed by atoms with van der Waals surface area (Å²) in [5.41, 5.74) is 2.84. The van der Waals surface area contributed by atoms with E-state index in [4.69, 9.17) is 0 Å². The van der Waals surface area contributed by atoms with Gasteiger partial charge in [0.05, 0.1) is 11.1 Å². The molecule has 0 atom stereocenters. The van der Waals surface area contributed by atoms with E-state index >= 15 is 0 Å². The molecule has 0 bridgehead atoms. The predicted molar refractivity (Wildman–Crippen MR) is 84.9 cm³/mol. The lowest BCUT2D eigenvalue weighted by atomic mass is 9.94. The minimum absolute atomic E-state index is 0.0910. The van der Waals surface area contributed by atoms with Gasteiger partial charge in [0.2, 0.25) is 5.91 Å². The SMILES string of the molecule is Cc1ccc(C2(C(=O)Nc3ccccc3Br)CC2)cc1. The van der Waals surface area contributed by atoms with Crippen molar-refractivity contribution < 1.29 is 4.79 Å². The van der Waals surface area contributed by atoms with Crippen LogP contribution in [0.15, 0.2) is 53.0 Å². The average Bonchev–Trinajstić information content (AvgIpc) is 3.24. The summed E-state index contributed by atoms with van der Waals surface area (Å²) in [7, 11) is 0. The Kier molecular flexibility index (Phi) is 3.38. The monoisotopic (exact) mass is 329 g/mol. The van der Waals surface area contributed by atoms with E-state index in [2.05, 4.69) is 52.4 Å². The molecule has 1 amide bonds. The summed E-state index contributed by atoms with van der Waals surface area (Å²) >= 11 is 3.46. The molecule has 1 aliphatic carbocycles. The number of carbonyl (C=O) groups is 1. The van der Waals surface area contributed by atoms with Gasteiger partial charge in [-0.1, -0.05) is 42.0 Å². The highest BCUT2D eigenvalue weighted by Gasteiger charge is 2.51. The molecular formula is C17H16BrNO. The van der Waals surface area contributed by atoms with Crippen molar-refractivity contribution in [3.05, 3.63) is 64.1 Å². The third-order valence-corrected chi connectivity index (χ3v) is 4.60. The Hall–Kier alpha value is -1.61. The van der Waals surface area contributed by atoms with E-state index in [1.807, 2.05) is 24.3 Å². The van der Waals surface area contributed by atoms with Crippen molar-refractivity contribution in [3.8, 4) is 0 Å². The lowest BCUT2D eigenvalue weighted by Crippen LogP contribution is -2.27. The molecule has 3 heteroatoms. The minimum Gasteiger partial charge on any atom is -0.324 e. The number of benzene rings is 2. The van der Waals surface area contributed by atoms with Crippen LogP contribution in [0.2, 0.25) is 0 Å². The highest BCUT2D eigenvalue weighted by Crippen LogP contribution is 2.49. The average molecular weight is 330 g/mol.